The van der Waals surface area contributed by atoms with Crippen LogP contribution in [0, 0.1) is 6.92 Å². The van der Waals surface area contributed by atoms with Crippen LogP contribution < -0.4 is 10.5 Å². The quantitative estimate of drug-likeness (QED) is 0.723. The number of carbonyl (C=O) groups excluding carboxylic acids is 1. The molecular formula is C19H20N4O5S2. The summed E-state index contributed by atoms with van der Waals surface area (Å²) in [6, 6.07) is 10.3. The predicted molar refractivity (Wildman–Crippen MR) is 111 cm³/mol. The van der Waals surface area contributed by atoms with Gasteiger partial charge in [-0.25, -0.2) is 13.6 Å². The second-order valence-corrected chi connectivity index (χ2v) is 10.4. The van der Waals surface area contributed by atoms with Crippen LogP contribution in [0.2, 0.25) is 0 Å². The number of carbonyl (C=O) groups is 1. The number of hydrogen-bond donors (Lipinski definition) is 2. The highest BCUT2D eigenvalue weighted by atomic mass is 32.2. The highest BCUT2D eigenvalue weighted by molar-refractivity contribution is 7.90. The van der Waals surface area contributed by atoms with Crippen LogP contribution in [0.3, 0.4) is 0 Å². The van der Waals surface area contributed by atoms with E-state index in [0.717, 1.165) is 0 Å². The van der Waals surface area contributed by atoms with Gasteiger partial charge in [0.1, 0.15) is 10.9 Å². The van der Waals surface area contributed by atoms with Crippen LogP contribution in [0.15, 0.2) is 56.7 Å². The van der Waals surface area contributed by atoms with Gasteiger partial charge in [0.2, 0.25) is 15.9 Å². The number of amides is 1. The highest BCUT2D eigenvalue weighted by Crippen LogP contribution is 2.31. The van der Waals surface area contributed by atoms with Gasteiger partial charge in [0.25, 0.3) is 10.0 Å². The number of hydrogen-bond acceptors (Lipinski definition) is 6. The molecule has 2 aromatic rings. The first-order chi connectivity index (χ1) is 14.1. The summed E-state index contributed by atoms with van der Waals surface area (Å²) in [4.78, 5) is 14.7. The molecule has 3 N–H and O–H groups in total. The highest BCUT2D eigenvalue weighted by Gasteiger charge is 2.39. The molecule has 0 aromatic heterocycles. The Kier molecular flexibility index (Phi) is 4.91. The summed E-state index contributed by atoms with van der Waals surface area (Å²) < 4.78 is 52.1. The molecule has 1 atom stereocenters. The minimum Gasteiger partial charge on any atom is -0.343 e. The van der Waals surface area contributed by atoms with Crippen LogP contribution in [0.1, 0.15) is 24.0 Å². The number of rotatable bonds is 3. The third-order valence-electron chi connectivity index (χ3n) is 5.20. The number of primary sulfonamides is 1. The maximum atomic E-state index is 13.0. The molecule has 1 saturated heterocycles. The van der Waals surface area contributed by atoms with E-state index in [-0.39, 0.29) is 21.5 Å². The Balaban J connectivity index is 1.62. The Morgan fingerprint density at radius 1 is 1.23 bits per heavy atom. The summed E-state index contributed by atoms with van der Waals surface area (Å²) in [5.41, 5.74) is 1.24. The fourth-order valence-corrected chi connectivity index (χ4v) is 5.82. The molecule has 1 fully saturated rings. The first-order valence-electron chi connectivity index (χ1n) is 9.23. The van der Waals surface area contributed by atoms with Crippen molar-refractivity contribution in [3.05, 3.63) is 53.6 Å². The zero-order chi connectivity index (χ0) is 21.7. The summed E-state index contributed by atoms with van der Waals surface area (Å²) in [6.07, 6.45) is 1.20. The maximum absolute atomic E-state index is 13.0. The predicted octanol–water partition coefficient (Wildman–Crippen LogP) is 1.19. The summed E-state index contributed by atoms with van der Waals surface area (Å²) in [7, 11) is -7.72. The lowest BCUT2D eigenvalue weighted by Gasteiger charge is -2.25. The minimum absolute atomic E-state index is 0.0660. The van der Waals surface area contributed by atoms with Gasteiger partial charge in [0, 0.05) is 17.8 Å². The van der Waals surface area contributed by atoms with Gasteiger partial charge in [0.05, 0.1) is 4.90 Å². The lowest BCUT2D eigenvalue weighted by atomic mass is 10.1. The van der Waals surface area contributed by atoms with Gasteiger partial charge in [-0.3, -0.25) is 4.79 Å². The molecular weight excluding hydrogens is 428 g/mol. The van der Waals surface area contributed by atoms with Crippen LogP contribution in [0.5, 0.6) is 0 Å². The SMILES string of the molecule is Cc1ccc(NC(=O)[C@@H]2CCCN2C2=NS(=O)(=O)c3ccccc32)cc1S(N)(=O)=O. The number of aryl methyl sites for hydroxylation is 1. The van der Waals surface area contributed by atoms with Crippen molar-refractivity contribution in [1.29, 1.82) is 0 Å². The van der Waals surface area contributed by atoms with Gasteiger partial charge in [0.15, 0.2) is 5.84 Å². The van der Waals surface area contributed by atoms with Gasteiger partial charge < -0.3 is 10.2 Å². The number of fused-ring (bicyclic) bond motifs is 1. The molecule has 30 heavy (non-hydrogen) atoms. The minimum atomic E-state index is -3.93. The van der Waals surface area contributed by atoms with Crippen molar-refractivity contribution in [2.75, 3.05) is 11.9 Å². The fourth-order valence-electron chi connectivity index (χ4n) is 3.80. The van der Waals surface area contributed by atoms with E-state index < -0.39 is 26.1 Å². The normalized spacial score (nSPS) is 20.0. The van der Waals surface area contributed by atoms with E-state index >= 15 is 0 Å². The van der Waals surface area contributed by atoms with Crippen molar-refractivity contribution < 1.29 is 21.6 Å². The van der Waals surface area contributed by atoms with Crippen LogP contribution in [-0.2, 0) is 24.8 Å². The third kappa shape index (κ3) is 3.59. The molecule has 2 heterocycles. The topological polar surface area (TPSA) is 139 Å². The number of benzene rings is 2. The van der Waals surface area contributed by atoms with E-state index in [0.29, 0.717) is 36.2 Å². The second kappa shape index (κ2) is 7.18. The molecule has 9 nitrogen and oxygen atoms in total. The summed E-state index contributed by atoms with van der Waals surface area (Å²) >= 11 is 0. The maximum Gasteiger partial charge on any atom is 0.285 e. The Morgan fingerprint density at radius 3 is 2.70 bits per heavy atom. The lowest BCUT2D eigenvalue weighted by Crippen LogP contribution is -2.43. The monoisotopic (exact) mass is 448 g/mol. The molecule has 0 spiro atoms. The molecule has 2 aliphatic rings. The lowest BCUT2D eigenvalue weighted by molar-refractivity contribution is -0.119. The average Bonchev–Trinajstić information content (AvgIpc) is 3.25. The molecule has 4 rings (SSSR count). The van der Waals surface area contributed by atoms with Crippen molar-refractivity contribution in [2.45, 2.75) is 35.6 Å². The first kappa shape index (κ1) is 20.5. The summed E-state index contributed by atoms with van der Waals surface area (Å²) in [5, 5.41) is 7.95. The molecule has 0 bridgehead atoms. The number of likely N-dealkylation sites (tertiary alicyclic amines) is 1. The number of sulfonamides is 2. The molecule has 0 radical (unpaired) electrons. The Bertz CT molecular complexity index is 1290. The van der Waals surface area contributed by atoms with E-state index in [1.807, 2.05) is 0 Å². The van der Waals surface area contributed by atoms with E-state index in [9.17, 15) is 21.6 Å². The van der Waals surface area contributed by atoms with Gasteiger partial charge >= 0.3 is 0 Å². The van der Waals surface area contributed by atoms with Gasteiger partial charge in [-0.05, 0) is 49.6 Å². The van der Waals surface area contributed by atoms with Gasteiger partial charge in [-0.15, -0.1) is 4.40 Å². The second-order valence-electron chi connectivity index (χ2n) is 7.25. The molecule has 158 valence electrons. The number of nitrogens with one attached hydrogen (secondary N) is 1. The number of anilines is 1. The van der Waals surface area contributed by atoms with Crippen molar-refractivity contribution in [3.8, 4) is 0 Å². The van der Waals surface area contributed by atoms with Crippen molar-refractivity contribution >= 4 is 37.5 Å². The molecule has 2 aromatic carbocycles. The molecule has 1 amide bonds. The zero-order valence-corrected chi connectivity index (χ0v) is 17.7. The largest absolute Gasteiger partial charge is 0.343 e. The fraction of sp³-hybridized carbons (Fsp3) is 0.263. The van der Waals surface area contributed by atoms with Crippen LogP contribution in [-0.4, -0.2) is 46.1 Å². The van der Waals surface area contributed by atoms with Crippen molar-refractivity contribution in [3.63, 3.8) is 0 Å². The van der Waals surface area contributed by atoms with E-state index in [1.54, 1.807) is 42.2 Å². The smallest absolute Gasteiger partial charge is 0.285 e. The van der Waals surface area contributed by atoms with Crippen LogP contribution in [0.25, 0.3) is 0 Å². The standard InChI is InChI=1S/C19H20N4O5S2/c1-12-8-9-13(11-17(12)29(20,25)26)21-19(24)15-6-4-10-23(15)18-14-5-2-3-7-16(14)30(27,28)22-18/h2-3,5,7-9,11,15H,4,6,10H2,1H3,(H,21,24)(H2,20,25,26)/t15-/m0/s1. The van der Waals surface area contributed by atoms with Crippen LogP contribution in [0.4, 0.5) is 5.69 Å². The Morgan fingerprint density at radius 2 is 1.97 bits per heavy atom. The molecule has 2 aliphatic heterocycles. The van der Waals surface area contributed by atoms with Gasteiger partial charge in [-0.1, -0.05) is 18.2 Å². The average molecular weight is 449 g/mol. The zero-order valence-electron chi connectivity index (χ0n) is 16.1. The van der Waals surface area contributed by atoms with Gasteiger partial charge in [-0.2, -0.15) is 8.42 Å². The van der Waals surface area contributed by atoms with E-state index in [1.165, 1.54) is 12.1 Å². The van der Waals surface area contributed by atoms with Crippen LogP contribution >= 0.6 is 0 Å². The molecule has 11 heteroatoms. The molecule has 0 saturated carbocycles. The first-order valence-corrected chi connectivity index (χ1v) is 12.2. The number of nitrogens with zero attached hydrogens (tertiary/aromatic N) is 2. The van der Waals surface area contributed by atoms with E-state index in [4.69, 9.17) is 5.14 Å². The third-order valence-corrected chi connectivity index (χ3v) is 7.58. The Labute approximate surface area is 174 Å². The number of amidine groups is 1. The molecule has 0 aliphatic carbocycles. The number of nitrogens with two attached hydrogens (primary N) is 1. The summed E-state index contributed by atoms with van der Waals surface area (Å²) in [6.45, 7) is 2.09. The van der Waals surface area contributed by atoms with Crippen molar-refractivity contribution in [1.82, 2.24) is 4.90 Å². The molecule has 0 unspecified atom stereocenters. The Hall–Kier alpha value is -2.76. The van der Waals surface area contributed by atoms with E-state index in [2.05, 4.69) is 9.71 Å². The van der Waals surface area contributed by atoms with Crippen molar-refractivity contribution in [2.24, 2.45) is 9.54 Å². The summed E-state index contributed by atoms with van der Waals surface area (Å²) in [5.74, 6) is -0.112.